The summed E-state index contributed by atoms with van der Waals surface area (Å²) in [7, 11) is 0. The van der Waals surface area contributed by atoms with Crippen molar-refractivity contribution in [2.45, 2.75) is 0 Å². The summed E-state index contributed by atoms with van der Waals surface area (Å²) in [6, 6.07) is 14.9. The number of anilines is 1. The first-order valence-electron chi connectivity index (χ1n) is 9.30. The Bertz CT molecular complexity index is 947. The van der Waals surface area contributed by atoms with Gasteiger partial charge < -0.3 is 9.80 Å². The Balaban J connectivity index is 1.48. The lowest BCUT2D eigenvalue weighted by molar-refractivity contribution is 0.0671. The summed E-state index contributed by atoms with van der Waals surface area (Å²) in [6.45, 7) is 6.48. The molecule has 2 heterocycles. The highest BCUT2D eigenvalue weighted by molar-refractivity contribution is 6.22. The van der Waals surface area contributed by atoms with Crippen molar-refractivity contribution in [1.82, 2.24) is 9.80 Å². The van der Waals surface area contributed by atoms with Gasteiger partial charge in [0.05, 0.1) is 11.1 Å². The molecular formula is C22H21N3O3. The second-order valence-corrected chi connectivity index (χ2v) is 6.88. The number of nitrogens with zero attached hydrogens (tertiary/aromatic N) is 3. The molecule has 6 nitrogen and oxygen atoms in total. The predicted molar refractivity (Wildman–Crippen MR) is 107 cm³/mol. The van der Waals surface area contributed by atoms with Crippen molar-refractivity contribution >= 4 is 23.4 Å². The number of hydrogen-bond donors (Lipinski definition) is 0. The number of amides is 3. The van der Waals surface area contributed by atoms with E-state index in [-0.39, 0.29) is 24.3 Å². The first kappa shape index (κ1) is 18.0. The molecule has 0 aromatic heterocycles. The standard InChI is InChI=1S/C22H21N3O3/c1-2-10-25-21(27)18-9-8-16(15-19(18)22(25)28)20(26)24-13-11-23(12-14-24)17-6-4-3-5-7-17/h2-9,15H,1,10-14H2. The average molecular weight is 375 g/mol. The first-order valence-corrected chi connectivity index (χ1v) is 9.30. The predicted octanol–water partition coefficient (Wildman–Crippen LogP) is 2.43. The number of carbonyl (C=O) groups is 3. The molecule has 0 bridgehead atoms. The SMILES string of the molecule is C=CCN1C(=O)c2ccc(C(=O)N3CCN(c4ccccc4)CC3)cc2C1=O. The molecule has 0 N–H and O–H groups in total. The fourth-order valence-electron chi connectivity index (χ4n) is 3.71. The largest absolute Gasteiger partial charge is 0.368 e. The fourth-order valence-corrected chi connectivity index (χ4v) is 3.71. The molecule has 0 spiro atoms. The summed E-state index contributed by atoms with van der Waals surface area (Å²) in [4.78, 5) is 42.9. The van der Waals surface area contributed by atoms with Crippen LogP contribution < -0.4 is 4.90 Å². The Labute approximate surface area is 163 Å². The van der Waals surface area contributed by atoms with Gasteiger partial charge in [-0.2, -0.15) is 0 Å². The fraction of sp³-hybridized carbons (Fsp3) is 0.227. The second kappa shape index (κ2) is 7.31. The van der Waals surface area contributed by atoms with Crippen molar-refractivity contribution in [2.24, 2.45) is 0 Å². The molecule has 2 aliphatic rings. The minimum absolute atomic E-state index is 0.113. The van der Waals surface area contributed by atoms with Crippen LogP contribution in [0, 0.1) is 0 Å². The zero-order chi connectivity index (χ0) is 19.7. The zero-order valence-corrected chi connectivity index (χ0v) is 15.5. The van der Waals surface area contributed by atoms with Gasteiger partial charge >= 0.3 is 0 Å². The lowest BCUT2D eigenvalue weighted by Crippen LogP contribution is -2.48. The molecule has 0 aliphatic carbocycles. The maximum Gasteiger partial charge on any atom is 0.261 e. The Morgan fingerprint density at radius 2 is 1.61 bits per heavy atom. The van der Waals surface area contributed by atoms with Crippen LogP contribution in [0.25, 0.3) is 0 Å². The second-order valence-electron chi connectivity index (χ2n) is 6.88. The Morgan fingerprint density at radius 3 is 2.29 bits per heavy atom. The summed E-state index contributed by atoms with van der Waals surface area (Å²) in [5.74, 6) is -0.822. The molecule has 0 radical (unpaired) electrons. The van der Waals surface area contributed by atoms with Crippen LogP contribution in [0.2, 0.25) is 0 Å². The Morgan fingerprint density at radius 1 is 0.929 bits per heavy atom. The van der Waals surface area contributed by atoms with Gasteiger partial charge in [-0.25, -0.2) is 0 Å². The van der Waals surface area contributed by atoms with E-state index in [0.29, 0.717) is 29.8 Å². The summed E-state index contributed by atoms with van der Waals surface area (Å²) < 4.78 is 0. The highest BCUT2D eigenvalue weighted by atomic mass is 16.2. The number of imide groups is 1. The topological polar surface area (TPSA) is 60.9 Å². The van der Waals surface area contributed by atoms with Crippen LogP contribution in [0.4, 0.5) is 5.69 Å². The van der Waals surface area contributed by atoms with E-state index in [0.717, 1.165) is 23.7 Å². The van der Waals surface area contributed by atoms with Crippen molar-refractivity contribution in [3.8, 4) is 0 Å². The third-order valence-electron chi connectivity index (χ3n) is 5.22. The van der Waals surface area contributed by atoms with E-state index in [1.165, 1.54) is 6.08 Å². The lowest BCUT2D eigenvalue weighted by Gasteiger charge is -2.36. The molecule has 1 saturated heterocycles. The quantitative estimate of drug-likeness (QED) is 0.608. The van der Waals surface area contributed by atoms with Gasteiger partial charge in [-0.15, -0.1) is 6.58 Å². The molecular weight excluding hydrogens is 354 g/mol. The van der Waals surface area contributed by atoms with Gasteiger partial charge in [-0.3, -0.25) is 19.3 Å². The zero-order valence-electron chi connectivity index (χ0n) is 15.5. The lowest BCUT2D eigenvalue weighted by atomic mass is 10.0. The third kappa shape index (κ3) is 3.07. The highest BCUT2D eigenvalue weighted by Gasteiger charge is 2.35. The summed E-state index contributed by atoms with van der Waals surface area (Å²) in [5, 5.41) is 0. The van der Waals surface area contributed by atoms with Gasteiger partial charge in [0.15, 0.2) is 0 Å². The van der Waals surface area contributed by atoms with Gasteiger partial charge in [-0.05, 0) is 30.3 Å². The van der Waals surface area contributed by atoms with Gasteiger partial charge in [0.2, 0.25) is 0 Å². The normalized spacial score (nSPS) is 16.4. The molecule has 28 heavy (non-hydrogen) atoms. The number of rotatable bonds is 4. The molecule has 4 rings (SSSR count). The van der Waals surface area contributed by atoms with E-state index in [1.54, 1.807) is 23.1 Å². The van der Waals surface area contributed by atoms with E-state index >= 15 is 0 Å². The maximum atomic E-state index is 12.9. The van der Waals surface area contributed by atoms with Crippen LogP contribution in [0.1, 0.15) is 31.1 Å². The Hall–Kier alpha value is -3.41. The van der Waals surface area contributed by atoms with Crippen molar-refractivity contribution < 1.29 is 14.4 Å². The molecule has 2 aromatic rings. The maximum absolute atomic E-state index is 12.9. The number of piperazine rings is 1. The number of para-hydroxylation sites is 1. The average Bonchev–Trinajstić information content (AvgIpc) is 2.99. The molecule has 6 heteroatoms. The summed E-state index contributed by atoms with van der Waals surface area (Å²) in [5.41, 5.74) is 2.23. The van der Waals surface area contributed by atoms with Crippen LogP contribution in [0.5, 0.6) is 0 Å². The number of carbonyl (C=O) groups excluding carboxylic acids is 3. The van der Waals surface area contributed by atoms with Crippen LogP contribution in [0.3, 0.4) is 0 Å². The molecule has 0 saturated carbocycles. The molecule has 0 atom stereocenters. The Kier molecular flexibility index (Phi) is 4.69. The molecule has 0 unspecified atom stereocenters. The molecule has 3 amide bonds. The molecule has 142 valence electrons. The monoisotopic (exact) mass is 375 g/mol. The van der Waals surface area contributed by atoms with Crippen LogP contribution in [-0.4, -0.2) is 60.2 Å². The van der Waals surface area contributed by atoms with Crippen LogP contribution in [-0.2, 0) is 0 Å². The first-order chi connectivity index (χ1) is 13.6. The van der Waals surface area contributed by atoms with Crippen LogP contribution in [0.15, 0.2) is 61.2 Å². The van der Waals surface area contributed by atoms with Crippen molar-refractivity contribution in [2.75, 3.05) is 37.6 Å². The summed E-state index contributed by atoms with van der Waals surface area (Å²) in [6.07, 6.45) is 1.51. The smallest absolute Gasteiger partial charge is 0.261 e. The van der Waals surface area contributed by atoms with Crippen molar-refractivity contribution in [3.05, 3.63) is 77.9 Å². The molecule has 1 fully saturated rings. The van der Waals surface area contributed by atoms with E-state index in [1.807, 2.05) is 18.2 Å². The van der Waals surface area contributed by atoms with E-state index < -0.39 is 0 Å². The van der Waals surface area contributed by atoms with E-state index in [4.69, 9.17) is 0 Å². The minimum atomic E-state index is -0.372. The van der Waals surface area contributed by atoms with Crippen LogP contribution >= 0.6 is 0 Å². The number of benzene rings is 2. The minimum Gasteiger partial charge on any atom is -0.368 e. The molecule has 2 aliphatic heterocycles. The van der Waals surface area contributed by atoms with Crippen molar-refractivity contribution in [1.29, 1.82) is 0 Å². The number of fused-ring (bicyclic) bond motifs is 1. The molecule has 2 aromatic carbocycles. The number of hydrogen-bond acceptors (Lipinski definition) is 4. The third-order valence-corrected chi connectivity index (χ3v) is 5.22. The van der Waals surface area contributed by atoms with Crippen molar-refractivity contribution in [3.63, 3.8) is 0 Å². The van der Waals surface area contributed by atoms with Gasteiger partial charge in [0.1, 0.15) is 0 Å². The van der Waals surface area contributed by atoms with Gasteiger partial charge in [0.25, 0.3) is 17.7 Å². The summed E-state index contributed by atoms with van der Waals surface area (Å²) >= 11 is 0. The van der Waals surface area contributed by atoms with Gasteiger partial charge in [-0.1, -0.05) is 24.3 Å². The van der Waals surface area contributed by atoms with E-state index in [2.05, 4.69) is 23.6 Å². The van der Waals surface area contributed by atoms with Gasteiger partial charge in [0, 0.05) is 44.0 Å². The highest BCUT2D eigenvalue weighted by Crippen LogP contribution is 2.25. The van der Waals surface area contributed by atoms with E-state index in [9.17, 15) is 14.4 Å².